The summed E-state index contributed by atoms with van der Waals surface area (Å²) in [5.41, 5.74) is 0.00501. The van der Waals surface area contributed by atoms with Crippen LogP contribution in [0.2, 0.25) is 0 Å². The van der Waals surface area contributed by atoms with Crippen molar-refractivity contribution < 1.29 is 28.9 Å². The van der Waals surface area contributed by atoms with Gasteiger partial charge in [-0.2, -0.15) is 0 Å². The molecule has 0 saturated heterocycles. The number of methoxy groups -OCH3 is 2. The van der Waals surface area contributed by atoms with Crippen molar-refractivity contribution in [1.82, 2.24) is 10.6 Å². The van der Waals surface area contributed by atoms with Crippen LogP contribution < -0.4 is 20.1 Å². The molecule has 0 aliphatic heterocycles. The van der Waals surface area contributed by atoms with E-state index in [2.05, 4.69) is 10.6 Å². The van der Waals surface area contributed by atoms with Crippen molar-refractivity contribution in [2.45, 2.75) is 38.9 Å². The van der Waals surface area contributed by atoms with E-state index >= 15 is 0 Å². The quantitative estimate of drug-likeness (QED) is 0.646. The summed E-state index contributed by atoms with van der Waals surface area (Å²) in [5.74, 6) is 0.762. The summed E-state index contributed by atoms with van der Waals surface area (Å²) in [6.45, 7) is 5.46. The number of ether oxygens (including phenoxy) is 3. The molecular weight excluding hydrogens is 340 g/mol. The van der Waals surface area contributed by atoms with E-state index in [0.717, 1.165) is 0 Å². The van der Waals surface area contributed by atoms with Gasteiger partial charge in [0.05, 0.1) is 20.3 Å². The van der Waals surface area contributed by atoms with Crippen LogP contribution in [0.1, 0.15) is 38.9 Å². The van der Waals surface area contributed by atoms with Crippen molar-refractivity contribution in [2.75, 3.05) is 27.3 Å². The lowest BCUT2D eigenvalue weighted by Crippen LogP contribution is -2.35. The Balaban J connectivity index is 2.39. The molecule has 146 valence electrons. The molecule has 1 unspecified atom stereocenters. The second kappa shape index (κ2) is 9.86. The Morgan fingerprint density at radius 2 is 1.77 bits per heavy atom. The fourth-order valence-electron chi connectivity index (χ4n) is 2.07. The Morgan fingerprint density at radius 3 is 2.35 bits per heavy atom. The second-order valence-corrected chi connectivity index (χ2v) is 6.61. The summed E-state index contributed by atoms with van der Waals surface area (Å²) in [7, 11) is 3.03. The van der Waals surface area contributed by atoms with Crippen molar-refractivity contribution in [3.63, 3.8) is 0 Å². The number of aliphatic hydroxyl groups excluding tert-OH is 1. The molecule has 8 heteroatoms. The molecule has 0 heterocycles. The van der Waals surface area contributed by atoms with Gasteiger partial charge in [-0.15, -0.1) is 0 Å². The Labute approximate surface area is 153 Å². The van der Waals surface area contributed by atoms with Crippen LogP contribution in [-0.2, 0) is 9.53 Å². The number of alkyl carbamates (subject to hydrolysis) is 1. The molecular formula is C18H28N2O6. The molecule has 0 aliphatic rings. The van der Waals surface area contributed by atoms with Gasteiger partial charge < -0.3 is 30.0 Å². The molecule has 0 fully saturated rings. The highest BCUT2D eigenvalue weighted by Crippen LogP contribution is 2.29. The lowest BCUT2D eigenvalue weighted by Gasteiger charge is -2.19. The van der Waals surface area contributed by atoms with E-state index < -0.39 is 17.8 Å². The lowest BCUT2D eigenvalue weighted by molar-refractivity contribution is -0.121. The summed E-state index contributed by atoms with van der Waals surface area (Å²) in [6.07, 6.45) is -1.38. The highest BCUT2D eigenvalue weighted by molar-refractivity contribution is 5.77. The average molecular weight is 368 g/mol. The third-order valence-corrected chi connectivity index (χ3v) is 3.31. The average Bonchev–Trinajstić information content (AvgIpc) is 2.57. The number of carbonyl (C=O) groups excluding carboxylic acids is 2. The highest BCUT2D eigenvalue weighted by atomic mass is 16.6. The molecule has 3 N–H and O–H groups in total. The minimum absolute atomic E-state index is 0.0424. The van der Waals surface area contributed by atoms with Crippen molar-refractivity contribution >= 4 is 12.0 Å². The molecule has 2 amide bonds. The van der Waals surface area contributed by atoms with Crippen LogP contribution in [0.3, 0.4) is 0 Å². The number of hydrogen-bond donors (Lipinski definition) is 3. The number of carbonyl (C=O) groups is 2. The summed E-state index contributed by atoms with van der Waals surface area (Å²) in [6, 6.07) is 5.03. The van der Waals surface area contributed by atoms with E-state index in [1.54, 1.807) is 39.0 Å². The first-order valence-electron chi connectivity index (χ1n) is 8.30. The van der Waals surface area contributed by atoms with Gasteiger partial charge in [0.2, 0.25) is 5.91 Å². The molecule has 1 aromatic carbocycles. The summed E-state index contributed by atoms with van der Waals surface area (Å²) >= 11 is 0. The molecule has 26 heavy (non-hydrogen) atoms. The molecule has 0 aromatic heterocycles. The second-order valence-electron chi connectivity index (χ2n) is 6.61. The normalized spacial score (nSPS) is 12.1. The first-order chi connectivity index (χ1) is 12.2. The van der Waals surface area contributed by atoms with Gasteiger partial charge in [-0.05, 0) is 38.5 Å². The van der Waals surface area contributed by atoms with Crippen molar-refractivity contribution in [1.29, 1.82) is 0 Å². The smallest absolute Gasteiger partial charge is 0.407 e. The molecule has 1 aromatic rings. The Hall–Kier alpha value is -2.48. The van der Waals surface area contributed by atoms with Crippen molar-refractivity contribution in [2.24, 2.45) is 0 Å². The zero-order valence-electron chi connectivity index (χ0n) is 15.9. The van der Waals surface area contributed by atoms with Crippen LogP contribution >= 0.6 is 0 Å². The van der Waals surface area contributed by atoms with Crippen LogP contribution in [0, 0.1) is 0 Å². The van der Waals surface area contributed by atoms with E-state index in [9.17, 15) is 14.7 Å². The fraction of sp³-hybridized carbons (Fsp3) is 0.556. The third-order valence-electron chi connectivity index (χ3n) is 3.31. The molecule has 1 atom stereocenters. The predicted molar refractivity (Wildman–Crippen MR) is 96.4 cm³/mol. The summed E-state index contributed by atoms with van der Waals surface area (Å²) in [5, 5.41) is 15.3. The van der Waals surface area contributed by atoms with Gasteiger partial charge in [-0.3, -0.25) is 4.79 Å². The minimum atomic E-state index is -0.891. The van der Waals surface area contributed by atoms with E-state index in [1.807, 2.05) is 0 Å². The molecule has 8 nitrogen and oxygen atoms in total. The zero-order valence-corrected chi connectivity index (χ0v) is 15.9. The van der Waals surface area contributed by atoms with Crippen LogP contribution in [-0.4, -0.2) is 50.0 Å². The van der Waals surface area contributed by atoms with Crippen molar-refractivity contribution in [3.05, 3.63) is 23.8 Å². The largest absolute Gasteiger partial charge is 0.493 e. The van der Waals surface area contributed by atoms with Crippen LogP contribution in [0.4, 0.5) is 4.79 Å². The maximum Gasteiger partial charge on any atom is 0.407 e. The van der Waals surface area contributed by atoms with E-state index in [0.29, 0.717) is 17.1 Å². The Morgan fingerprint density at radius 1 is 1.12 bits per heavy atom. The molecule has 0 bridgehead atoms. The SMILES string of the molecule is COc1ccc(C(O)CNC(=O)CCNC(=O)OC(C)(C)C)cc1OC. The third kappa shape index (κ3) is 7.60. The lowest BCUT2D eigenvalue weighted by atomic mass is 10.1. The number of nitrogens with one attached hydrogen (secondary N) is 2. The predicted octanol–water partition coefficient (Wildman–Crippen LogP) is 1.77. The first kappa shape index (κ1) is 21.6. The molecule has 1 rings (SSSR count). The number of benzene rings is 1. The van der Waals surface area contributed by atoms with E-state index in [1.165, 1.54) is 14.2 Å². The van der Waals surface area contributed by atoms with Gasteiger partial charge in [-0.25, -0.2) is 4.79 Å². The zero-order chi connectivity index (χ0) is 19.7. The first-order valence-corrected chi connectivity index (χ1v) is 8.30. The molecule has 0 spiro atoms. The van der Waals surface area contributed by atoms with Gasteiger partial charge in [-0.1, -0.05) is 6.07 Å². The van der Waals surface area contributed by atoms with Gasteiger partial charge in [0.15, 0.2) is 11.5 Å². The molecule has 0 aliphatic carbocycles. The number of rotatable bonds is 8. The van der Waals surface area contributed by atoms with Gasteiger partial charge in [0, 0.05) is 19.5 Å². The van der Waals surface area contributed by atoms with Gasteiger partial charge in [0.25, 0.3) is 0 Å². The van der Waals surface area contributed by atoms with E-state index in [4.69, 9.17) is 14.2 Å². The maximum atomic E-state index is 11.8. The Kier molecular flexibility index (Phi) is 8.18. The number of amides is 2. The standard InChI is InChI=1S/C18H28N2O6/c1-18(2,3)26-17(23)19-9-8-16(22)20-11-13(21)12-6-7-14(24-4)15(10-12)25-5/h6-7,10,13,21H,8-9,11H2,1-5H3,(H,19,23)(H,20,22). The van der Waals surface area contributed by atoms with E-state index in [-0.39, 0.29) is 25.4 Å². The monoisotopic (exact) mass is 368 g/mol. The topological polar surface area (TPSA) is 106 Å². The van der Waals surface area contributed by atoms with Crippen LogP contribution in [0.15, 0.2) is 18.2 Å². The molecule has 0 radical (unpaired) electrons. The fourth-order valence-corrected chi connectivity index (χ4v) is 2.07. The number of hydrogen-bond acceptors (Lipinski definition) is 6. The minimum Gasteiger partial charge on any atom is -0.493 e. The van der Waals surface area contributed by atoms with Crippen molar-refractivity contribution in [3.8, 4) is 11.5 Å². The van der Waals surface area contributed by atoms with Gasteiger partial charge in [0.1, 0.15) is 5.60 Å². The highest BCUT2D eigenvalue weighted by Gasteiger charge is 2.16. The number of aliphatic hydroxyl groups is 1. The Bertz CT molecular complexity index is 612. The summed E-state index contributed by atoms with van der Waals surface area (Å²) < 4.78 is 15.4. The maximum absolute atomic E-state index is 11.8. The van der Waals surface area contributed by atoms with Gasteiger partial charge >= 0.3 is 6.09 Å². The summed E-state index contributed by atoms with van der Waals surface area (Å²) in [4.78, 5) is 23.3. The van der Waals surface area contributed by atoms with Crippen LogP contribution in [0.5, 0.6) is 11.5 Å². The van der Waals surface area contributed by atoms with Crippen LogP contribution in [0.25, 0.3) is 0 Å². The molecule has 0 saturated carbocycles.